The van der Waals surface area contributed by atoms with Gasteiger partial charge in [0.2, 0.25) is 0 Å². The number of rotatable bonds is 7. The second kappa shape index (κ2) is 7.14. The number of hydrazine groups is 1. The molecule has 1 aromatic rings. The van der Waals surface area contributed by atoms with E-state index >= 15 is 0 Å². The summed E-state index contributed by atoms with van der Waals surface area (Å²) in [6.45, 7) is 2.16. The molecule has 0 amide bonds. The van der Waals surface area contributed by atoms with E-state index in [2.05, 4.69) is 12.3 Å². The minimum atomic E-state index is 0.0565. The van der Waals surface area contributed by atoms with Crippen LogP contribution in [0.4, 0.5) is 0 Å². The normalized spacial score (nSPS) is 12.2. The van der Waals surface area contributed by atoms with Crippen molar-refractivity contribution in [1.29, 1.82) is 0 Å². The Balaban J connectivity index is 3.05. The Labute approximate surface area is 103 Å². The molecule has 0 aliphatic rings. The van der Waals surface area contributed by atoms with Crippen molar-refractivity contribution in [3.05, 3.63) is 23.8 Å². The highest BCUT2D eigenvalue weighted by atomic mass is 16.5. The summed E-state index contributed by atoms with van der Waals surface area (Å²) in [6, 6.07) is 5.82. The second-order valence-electron chi connectivity index (χ2n) is 3.94. The molecule has 0 aliphatic heterocycles. The highest BCUT2D eigenvalue weighted by Gasteiger charge is 2.19. The van der Waals surface area contributed by atoms with E-state index in [4.69, 9.17) is 15.3 Å². The summed E-state index contributed by atoms with van der Waals surface area (Å²) >= 11 is 0. The van der Waals surface area contributed by atoms with Gasteiger partial charge in [-0.05, 0) is 18.6 Å². The van der Waals surface area contributed by atoms with Crippen LogP contribution >= 0.6 is 0 Å². The molecule has 0 aromatic heterocycles. The number of hydrogen-bond acceptors (Lipinski definition) is 4. The van der Waals surface area contributed by atoms with Crippen LogP contribution in [0.2, 0.25) is 0 Å². The summed E-state index contributed by atoms with van der Waals surface area (Å²) in [5, 5.41) is 0. The zero-order valence-corrected chi connectivity index (χ0v) is 10.8. The van der Waals surface area contributed by atoms with E-state index in [1.54, 1.807) is 14.2 Å². The molecule has 17 heavy (non-hydrogen) atoms. The predicted molar refractivity (Wildman–Crippen MR) is 69.1 cm³/mol. The quantitative estimate of drug-likeness (QED) is 0.565. The van der Waals surface area contributed by atoms with Crippen molar-refractivity contribution >= 4 is 0 Å². The Bertz CT molecular complexity index is 320. The van der Waals surface area contributed by atoms with Crippen LogP contribution in [0.25, 0.3) is 0 Å². The Morgan fingerprint density at radius 3 is 2.24 bits per heavy atom. The van der Waals surface area contributed by atoms with Gasteiger partial charge in [0.1, 0.15) is 11.5 Å². The van der Waals surface area contributed by atoms with E-state index in [-0.39, 0.29) is 6.04 Å². The summed E-state index contributed by atoms with van der Waals surface area (Å²) in [4.78, 5) is 0. The van der Waals surface area contributed by atoms with E-state index in [0.29, 0.717) is 0 Å². The van der Waals surface area contributed by atoms with Gasteiger partial charge >= 0.3 is 0 Å². The molecule has 0 heterocycles. The SMILES string of the molecule is CCCCC(NN)c1c(OC)cccc1OC. The number of nitrogens with one attached hydrogen (secondary N) is 1. The highest BCUT2D eigenvalue weighted by Crippen LogP contribution is 2.35. The van der Waals surface area contributed by atoms with E-state index < -0.39 is 0 Å². The molecule has 96 valence electrons. The predicted octanol–water partition coefficient (Wildman–Crippen LogP) is 2.40. The fraction of sp³-hybridized carbons (Fsp3) is 0.538. The molecule has 4 nitrogen and oxygen atoms in total. The number of hydrogen-bond donors (Lipinski definition) is 2. The average Bonchev–Trinajstić information content (AvgIpc) is 2.39. The first-order chi connectivity index (χ1) is 8.28. The number of benzene rings is 1. The monoisotopic (exact) mass is 238 g/mol. The van der Waals surface area contributed by atoms with Crippen molar-refractivity contribution in [3.63, 3.8) is 0 Å². The third-order valence-corrected chi connectivity index (χ3v) is 2.86. The molecule has 4 heteroatoms. The molecular weight excluding hydrogens is 216 g/mol. The fourth-order valence-electron chi connectivity index (χ4n) is 1.94. The van der Waals surface area contributed by atoms with Crippen LogP contribution in [0.5, 0.6) is 11.5 Å². The van der Waals surface area contributed by atoms with Gasteiger partial charge in [0, 0.05) is 0 Å². The van der Waals surface area contributed by atoms with Crippen molar-refractivity contribution in [1.82, 2.24) is 5.43 Å². The molecule has 1 atom stereocenters. The fourth-order valence-corrected chi connectivity index (χ4v) is 1.94. The molecule has 0 spiro atoms. The summed E-state index contributed by atoms with van der Waals surface area (Å²) in [5.41, 5.74) is 3.84. The molecule has 1 unspecified atom stereocenters. The number of methoxy groups -OCH3 is 2. The summed E-state index contributed by atoms with van der Waals surface area (Å²) in [6.07, 6.45) is 3.20. The molecule has 0 radical (unpaired) electrons. The maximum atomic E-state index is 5.63. The standard InChI is InChI=1S/C13H22N2O2/c1-4-5-7-10(15-14)13-11(16-2)8-6-9-12(13)17-3/h6,8-10,15H,4-5,7,14H2,1-3H3. The lowest BCUT2D eigenvalue weighted by atomic mass is 9.99. The zero-order chi connectivity index (χ0) is 12.7. The molecule has 0 bridgehead atoms. The summed E-state index contributed by atoms with van der Waals surface area (Å²) in [5.74, 6) is 7.25. The average molecular weight is 238 g/mol. The first kappa shape index (κ1) is 13.8. The van der Waals surface area contributed by atoms with Crippen LogP contribution in [-0.2, 0) is 0 Å². The van der Waals surface area contributed by atoms with Crippen LogP contribution in [0.3, 0.4) is 0 Å². The third-order valence-electron chi connectivity index (χ3n) is 2.86. The number of unbranched alkanes of at least 4 members (excludes halogenated alkanes) is 1. The van der Waals surface area contributed by atoms with Crippen LogP contribution in [0, 0.1) is 0 Å². The number of nitrogens with two attached hydrogens (primary N) is 1. The van der Waals surface area contributed by atoms with Gasteiger partial charge in [0.15, 0.2) is 0 Å². The van der Waals surface area contributed by atoms with Gasteiger partial charge < -0.3 is 9.47 Å². The van der Waals surface area contributed by atoms with Gasteiger partial charge in [-0.15, -0.1) is 0 Å². The zero-order valence-electron chi connectivity index (χ0n) is 10.8. The highest BCUT2D eigenvalue weighted by molar-refractivity contribution is 5.46. The third kappa shape index (κ3) is 3.35. The summed E-state index contributed by atoms with van der Waals surface area (Å²) in [7, 11) is 3.32. The van der Waals surface area contributed by atoms with E-state index in [9.17, 15) is 0 Å². The van der Waals surface area contributed by atoms with E-state index in [0.717, 1.165) is 36.3 Å². The maximum absolute atomic E-state index is 5.63. The molecule has 1 aromatic carbocycles. The molecular formula is C13H22N2O2. The second-order valence-corrected chi connectivity index (χ2v) is 3.94. The Morgan fingerprint density at radius 2 is 1.82 bits per heavy atom. The lowest BCUT2D eigenvalue weighted by molar-refractivity contribution is 0.365. The van der Waals surface area contributed by atoms with Crippen LogP contribution in [-0.4, -0.2) is 14.2 Å². The molecule has 0 saturated carbocycles. The van der Waals surface area contributed by atoms with Crippen molar-refractivity contribution in [2.45, 2.75) is 32.2 Å². The van der Waals surface area contributed by atoms with Crippen LogP contribution in [0.1, 0.15) is 37.8 Å². The van der Waals surface area contributed by atoms with E-state index in [1.807, 2.05) is 18.2 Å². The van der Waals surface area contributed by atoms with Crippen molar-refractivity contribution in [2.75, 3.05) is 14.2 Å². The Hall–Kier alpha value is -1.26. The lowest BCUT2D eigenvalue weighted by Crippen LogP contribution is -2.28. The Morgan fingerprint density at radius 1 is 1.24 bits per heavy atom. The topological polar surface area (TPSA) is 56.5 Å². The van der Waals surface area contributed by atoms with Crippen LogP contribution < -0.4 is 20.7 Å². The van der Waals surface area contributed by atoms with Gasteiger partial charge in [-0.3, -0.25) is 11.3 Å². The minimum Gasteiger partial charge on any atom is -0.496 e. The van der Waals surface area contributed by atoms with Crippen molar-refractivity contribution in [3.8, 4) is 11.5 Å². The van der Waals surface area contributed by atoms with E-state index in [1.165, 1.54) is 0 Å². The van der Waals surface area contributed by atoms with Gasteiger partial charge in [0.25, 0.3) is 0 Å². The largest absolute Gasteiger partial charge is 0.496 e. The first-order valence-electron chi connectivity index (χ1n) is 5.95. The van der Waals surface area contributed by atoms with Gasteiger partial charge in [-0.1, -0.05) is 25.8 Å². The molecule has 3 N–H and O–H groups in total. The van der Waals surface area contributed by atoms with Crippen LogP contribution in [0.15, 0.2) is 18.2 Å². The maximum Gasteiger partial charge on any atom is 0.127 e. The summed E-state index contributed by atoms with van der Waals surface area (Å²) < 4.78 is 10.8. The van der Waals surface area contributed by atoms with Crippen molar-refractivity contribution in [2.24, 2.45) is 5.84 Å². The van der Waals surface area contributed by atoms with Gasteiger partial charge in [0.05, 0.1) is 25.8 Å². The van der Waals surface area contributed by atoms with Gasteiger partial charge in [-0.2, -0.15) is 0 Å². The van der Waals surface area contributed by atoms with Gasteiger partial charge in [-0.25, -0.2) is 0 Å². The molecule has 0 saturated heterocycles. The molecule has 0 aliphatic carbocycles. The smallest absolute Gasteiger partial charge is 0.127 e. The molecule has 1 rings (SSSR count). The Kier molecular flexibility index (Phi) is 5.80. The lowest BCUT2D eigenvalue weighted by Gasteiger charge is -2.21. The first-order valence-corrected chi connectivity index (χ1v) is 5.95. The minimum absolute atomic E-state index is 0.0565. The number of ether oxygens (including phenoxy) is 2. The molecule has 0 fully saturated rings. The van der Waals surface area contributed by atoms with Crippen molar-refractivity contribution < 1.29 is 9.47 Å².